The van der Waals surface area contributed by atoms with Crippen LogP contribution in [0.2, 0.25) is 0 Å². The molecule has 0 radical (unpaired) electrons. The third-order valence-electron chi connectivity index (χ3n) is 6.59. The van der Waals surface area contributed by atoms with Crippen LogP contribution in [0.5, 0.6) is 0 Å². The van der Waals surface area contributed by atoms with Gasteiger partial charge in [0, 0.05) is 37.4 Å². The maximum atomic E-state index is 14.0. The van der Waals surface area contributed by atoms with Gasteiger partial charge in [0.2, 0.25) is 0 Å². The lowest BCUT2D eigenvalue weighted by molar-refractivity contribution is -0.137. The first kappa shape index (κ1) is 26.9. The van der Waals surface area contributed by atoms with Crippen LogP contribution in [0.3, 0.4) is 0 Å². The molecule has 208 valence electrons. The fraction of sp³-hybridized carbons (Fsp3) is 0.231. The number of benzene rings is 2. The molecule has 5 rings (SSSR count). The van der Waals surface area contributed by atoms with Gasteiger partial charge in [0.1, 0.15) is 23.4 Å². The number of hydrogen-bond donors (Lipinski definition) is 3. The summed E-state index contributed by atoms with van der Waals surface area (Å²) in [5, 5.41) is 8.79. The zero-order valence-corrected chi connectivity index (χ0v) is 21.2. The van der Waals surface area contributed by atoms with E-state index in [1.54, 1.807) is 35.2 Å². The molecule has 4 N–H and O–H groups in total. The summed E-state index contributed by atoms with van der Waals surface area (Å²) in [6.07, 6.45) is -3.42. The molecule has 1 aliphatic heterocycles. The highest BCUT2D eigenvalue weighted by Crippen LogP contribution is 2.33. The molecule has 3 heterocycles. The Bertz CT molecular complexity index is 1580. The van der Waals surface area contributed by atoms with Gasteiger partial charge < -0.3 is 26.2 Å². The molecule has 4 aromatic rings. The van der Waals surface area contributed by atoms with Crippen molar-refractivity contribution >= 4 is 34.6 Å². The minimum atomic E-state index is -4.69. The van der Waals surface area contributed by atoms with E-state index >= 15 is 0 Å². The van der Waals surface area contributed by atoms with Crippen molar-refractivity contribution in [1.82, 2.24) is 24.4 Å². The normalized spacial score (nSPS) is 14.4. The van der Waals surface area contributed by atoms with Gasteiger partial charge in [0.15, 0.2) is 5.82 Å². The minimum Gasteiger partial charge on any atom is -0.382 e. The first-order valence-corrected chi connectivity index (χ1v) is 12.2. The van der Waals surface area contributed by atoms with Crippen molar-refractivity contribution in [3.05, 3.63) is 71.9 Å². The van der Waals surface area contributed by atoms with Gasteiger partial charge in [-0.1, -0.05) is 12.1 Å². The van der Waals surface area contributed by atoms with Crippen LogP contribution in [-0.4, -0.2) is 69.6 Å². The predicted molar refractivity (Wildman–Crippen MR) is 140 cm³/mol. The summed E-state index contributed by atoms with van der Waals surface area (Å²) in [7, 11) is 1.99. The van der Waals surface area contributed by atoms with Gasteiger partial charge in [0.05, 0.1) is 11.3 Å². The fourth-order valence-corrected chi connectivity index (χ4v) is 4.43. The van der Waals surface area contributed by atoms with Crippen LogP contribution in [-0.2, 0) is 6.18 Å². The Morgan fingerprint density at radius 1 is 0.975 bits per heavy atom. The number of hydrogen-bond acceptors (Lipinski definition) is 6. The molecule has 2 aromatic carbocycles. The zero-order chi connectivity index (χ0) is 28.6. The molecule has 1 fully saturated rings. The lowest BCUT2D eigenvalue weighted by atomic mass is 10.1. The van der Waals surface area contributed by atoms with Crippen molar-refractivity contribution in [2.45, 2.75) is 6.18 Å². The molecule has 14 heteroatoms. The van der Waals surface area contributed by atoms with E-state index in [9.17, 15) is 27.2 Å². The summed E-state index contributed by atoms with van der Waals surface area (Å²) in [5.41, 5.74) is 6.74. The molecule has 0 atom stereocenters. The summed E-state index contributed by atoms with van der Waals surface area (Å²) in [5.74, 6) is -1.03. The Morgan fingerprint density at radius 3 is 2.35 bits per heavy atom. The largest absolute Gasteiger partial charge is 0.416 e. The number of likely N-dealkylation sites (N-methyl/N-ethyl adjacent to an activating group) is 1. The van der Waals surface area contributed by atoms with Crippen molar-refractivity contribution < 1.29 is 27.2 Å². The molecule has 0 spiro atoms. The zero-order valence-electron chi connectivity index (χ0n) is 21.2. The predicted octanol–water partition coefficient (Wildman–Crippen LogP) is 4.17. The van der Waals surface area contributed by atoms with E-state index in [2.05, 4.69) is 25.6 Å². The lowest BCUT2D eigenvalue weighted by Crippen LogP contribution is -2.47. The Morgan fingerprint density at radius 2 is 1.68 bits per heavy atom. The number of anilines is 3. The summed E-state index contributed by atoms with van der Waals surface area (Å²) in [4.78, 5) is 33.7. The van der Waals surface area contributed by atoms with Gasteiger partial charge in [-0.3, -0.25) is 4.79 Å². The first-order chi connectivity index (χ1) is 19.0. The van der Waals surface area contributed by atoms with Crippen molar-refractivity contribution in [3.63, 3.8) is 0 Å². The Balaban J connectivity index is 1.37. The second kappa shape index (κ2) is 10.4. The summed E-state index contributed by atoms with van der Waals surface area (Å²) >= 11 is 0. The SMILES string of the molecule is CN1CCN(C(=O)c2cc(-c3ccc(NC(=O)Nc4cc(C(F)(F)F)ccc4F)cc3)c3c(N)ncnn23)CC1. The molecular formula is C26H24F4N8O2. The number of urea groups is 1. The second-order valence-electron chi connectivity index (χ2n) is 9.29. The number of piperazine rings is 1. The van der Waals surface area contributed by atoms with E-state index in [-0.39, 0.29) is 17.4 Å². The molecule has 1 saturated heterocycles. The molecule has 0 bridgehead atoms. The van der Waals surface area contributed by atoms with Crippen LogP contribution in [0.1, 0.15) is 16.1 Å². The third-order valence-corrected chi connectivity index (χ3v) is 6.59. The number of nitrogen functional groups attached to an aromatic ring is 1. The van der Waals surface area contributed by atoms with E-state index in [1.807, 2.05) is 7.05 Å². The number of nitrogens with one attached hydrogen (secondary N) is 2. The number of rotatable bonds is 4. The van der Waals surface area contributed by atoms with Crippen LogP contribution in [0.4, 0.5) is 39.5 Å². The van der Waals surface area contributed by atoms with Crippen molar-refractivity contribution in [3.8, 4) is 11.1 Å². The van der Waals surface area contributed by atoms with Crippen molar-refractivity contribution in [2.75, 3.05) is 49.6 Å². The molecule has 0 unspecified atom stereocenters. The Kier molecular flexibility index (Phi) is 7.02. The number of alkyl halides is 3. The molecule has 10 nitrogen and oxygen atoms in total. The first-order valence-electron chi connectivity index (χ1n) is 12.2. The number of carbonyl (C=O) groups is 2. The molecular weight excluding hydrogens is 532 g/mol. The number of fused-ring (bicyclic) bond motifs is 1. The third kappa shape index (κ3) is 5.38. The topological polar surface area (TPSA) is 121 Å². The number of nitrogens with two attached hydrogens (primary N) is 1. The summed E-state index contributed by atoms with van der Waals surface area (Å²) in [6.45, 7) is 2.65. The van der Waals surface area contributed by atoms with E-state index < -0.39 is 29.3 Å². The Hall–Kier alpha value is -4.72. The van der Waals surface area contributed by atoms with Crippen LogP contribution >= 0.6 is 0 Å². The highest BCUT2D eigenvalue weighted by atomic mass is 19.4. The number of carbonyl (C=O) groups excluding carboxylic acids is 2. The molecule has 0 aliphatic carbocycles. The van der Waals surface area contributed by atoms with Gasteiger partial charge in [-0.2, -0.15) is 18.3 Å². The number of amides is 3. The smallest absolute Gasteiger partial charge is 0.382 e. The van der Waals surface area contributed by atoms with Gasteiger partial charge in [0.25, 0.3) is 5.91 Å². The van der Waals surface area contributed by atoms with E-state index in [1.165, 1.54) is 10.8 Å². The van der Waals surface area contributed by atoms with E-state index in [0.29, 0.717) is 53.6 Å². The highest BCUT2D eigenvalue weighted by Gasteiger charge is 2.31. The number of halogens is 4. The van der Waals surface area contributed by atoms with Crippen molar-refractivity contribution in [1.29, 1.82) is 0 Å². The standard InChI is InChI=1S/C26H24F4N8O2/c1-36-8-10-37(11-9-36)24(39)21-13-18(22-23(31)32-14-33-38(21)22)15-2-5-17(6-3-15)34-25(40)35-20-12-16(26(28,29)30)4-7-19(20)27/h2-7,12-14H,8-11H2,1H3,(H2,31,32,33)(H2,34,35,40). The quantitative estimate of drug-likeness (QED) is 0.325. The molecule has 2 aromatic heterocycles. The lowest BCUT2D eigenvalue weighted by Gasteiger charge is -2.32. The van der Waals surface area contributed by atoms with Crippen molar-refractivity contribution in [2.24, 2.45) is 0 Å². The van der Waals surface area contributed by atoms with Gasteiger partial charge in [-0.15, -0.1) is 0 Å². The molecule has 0 saturated carbocycles. The Labute approximate surface area is 225 Å². The van der Waals surface area contributed by atoms with E-state index in [4.69, 9.17) is 5.73 Å². The molecule has 1 aliphatic rings. The summed E-state index contributed by atoms with van der Waals surface area (Å²) in [6, 6.07) is 8.90. The average Bonchev–Trinajstić information content (AvgIpc) is 3.31. The van der Waals surface area contributed by atoms with Gasteiger partial charge in [-0.05, 0) is 49.0 Å². The number of aromatic nitrogens is 3. The number of nitrogens with zero attached hydrogens (tertiary/aromatic N) is 5. The summed E-state index contributed by atoms with van der Waals surface area (Å²) < 4.78 is 54.3. The fourth-order valence-electron chi connectivity index (χ4n) is 4.43. The average molecular weight is 557 g/mol. The second-order valence-corrected chi connectivity index (χ2v) is 9.29. The van der Waals surface area contributed by atoms with Crippen LogP contribution < -0.4 is 16.4 Å². The minimum absolute atomic E-state index is 0.173. The van der Waals surface area contributed by atoms with E-state index in [0.717, 1.165) is 13.1 Å². The molecule has 3 amide bonds. The van der Waals surface area contributed by atoms with Crippen LogP contribution in [0.15, 0.2) is 54.9 Å². The van der Waals surface area contributed by atoms with Gasteiger partial charge >= 0.3 is 12.2 Å². The maximum Gasteiger partial charge on any atom is 0.416 e. The van der Waals surface area contributed by atoms with Gasteiger partial charge in [-0.25, -0.2) is 18.7 Å². The van der Waals surface area contributed by atoms with Crippen LogP contribution in [0, 0.1) is 5.82 Å². The van der Waals surface area contributed by atoms with Crippen LogP contribution in [0.25, 0.3) is 16.6 Å². The highest BCUT2D eigenvalue weighted by molar-refractivity contribution is 6.01. The monoisotopic (exact) mass is 556 g/mol. The molecule has 40 heavy (non-hydrogen) atoms. The maximum absolute atomic E-state index is 14.0.